The van der Waals surface area contributed by atoms with Gasteiger partial charge in [0.15, 0.2) is 5.78 Å². The zero-order valence-electron chi connectivity index (χ0n) is 18.4. The van der Waals surface area contributed by atoms with Gasteiger partial charge in [0.05, 0.1) is 12.7 Å². The number of Topliss-reactive ketones (excluding diaryl/α,β-unsaturated/α-hetero) is 1. The molecule has 0 saturated heterocycles. The summed E-state index contributed by atoms with van der Waals surface area (Å²) >= 11 is 0. The van der Waals surface area contributed by atoms with Gasteiger partial charge in [-0.1, -0.05) is 26.0 Å². The van der Waals surface area contributed by atoms with Crippen molar-refractivity contribution in [3.05, 3.63) is 52.4 Å². The van der Waals surface area contributed by atoms with Crippen molar-refractivity contribution in [1.82, 2.24) is 5.32 Å². The van der Waals surface area contributed by atoms with Gasteiger partial charge < -0.3 is 14.8 Å². The first-order valence-electron chi connectivity index (χ1n) is 10.0. The lowest BCUT2D eigenvalue weighted by Gasteiger charge is -2.39. The van der Waals surface area contributed by atoms with Crippen molar-refractivity contribution >= 4 is 11.8 Å². The van der Waals surface area contributed by atoms with Gasteiger partial charge >= 0.3 is 5.97 Å². The number of ketones is 1. The van der Waals surface area contributed by atoms with Crippen molar-refractivity contribution in [2.75, 3.05) is 7.11 Å². The van der Waals surface area contributed by atoms with Crippen LogP contribution in [0.25, 0.3) is 0 Å². The van der Waals surface area contributed by atoms with E-state index in [-0.39, 0.29) is 11.2 Å². The molecule has 0 saturated carbocycles. The number of esters is 1. The average Bonchev–Trinajstić information content (AvgIpc) is 2.57. The van der Waals surface area contributed by atoms with Crippen LogP contribution in [0.1, 0.15) is 65.9 Å². The summed E-state index contributed by atoms with van der Waals surface area (Å²) in [4.78, 5) is 26.4. The van der Waals surface area contributed by atoms with Crippen LogP contribution in [-0.4, -0.2) is 24.5 Å². The molecule has 29 heavy (non-hydrogen) atoms. The van der Waals surface area contributed by atoms with Crippen LogP contribution < -0.4 is 10.1 Å². The number of hydrogen-bond acceptors (Lipinski definition) is 5. The fourth-order valence-corrected chi connectivity index (χ4v) is 4.17. The second-order valence-corrected chi connectivity index (χ2v) is 9.70. The number of ether oxygens (including phenoxy) is 2. The highest BCUT2D eigenvalue weighted by atomic mass is 16.6. The second kappa shape index (κ2) is 7.36. The average molecular weight is 398 g/mol. The molecule has 5 nitrogen and oxygen atoms in total. The Morgan fingerprint density at radius 2 is 1.76 bits per heavy atom. The maximum atomic E-state index is 13.2. The van der Waals surface area contributed by atoms with Crippen LogP contribution in [0, 0.1) is 5.41 Å². The van der Waals surface area contributed by atoms with Crippen molar-refractivity contribution in [2.24, 2.45) is 5.41 Å². The van der Waals surface area contributed by atoms with Gasteiger partial charge in [-0.3, -0.25) is 4.79 Å². The fraction of sp³-hybridized carbons (Fsp3) is 0.500. The lowest BCUT2D eigenvalue weighted by atomic mass is 9.68. The Hall–Kier alpha value is -2.56. The highest BCUT2D eigenvalue weighted by Crippen LogP contribution is 2.47. The maximum Gasteiger partial charge on any atom is 0.337 e. The van der Waals surface area contributed by atoms with E-state index in [1.54, 1.807) is 7.11 Å². The fourth-order valence-electron chi connectivity index (χ4n) is 4.17. The zero-order valence-corrected chi connectivity index (χ0v) is 18.4. The highest BCUT2D eigenvalue weighted by molar-refractivity contribution is 6.04. The molecule has 0 radical (unpaired) electrons. The van der Waals surface area contributed by atoms with Crippen molar-refractivity contribution in [2.45, 2.75) is 65.9 Å². The number of dihydropyridines is 1. The van der Waals surface area contributed by atoms with Gasteiger partial charge in [0.2, 0.25) is 0 Å². The molecule has 0 fully saturated rings. The summed E-state index contributed by atoms with van der Waals surface area (Å²) in [6, 6.07) is 7.56. The number of benzene rings is 1. The van der Waals surface area contributed by atoms with E-state index < -0.39 is 17.5 Å². The third-order valence-electron chi connectivity index (χ3n) is 5.31. The summed E-state index contributed by atoms with van der Waals surface area (Å²) in [5.41, 5.74) is 2.98. The molecule has 0 bridgehead atoms. The highest BCUT2D eigenvalue weighted by Gasteiger charge is 2.43. The van der Waals surface area contributed by atoms with E-state index in [0.29, 0.717) is 17.6 Å². The number of allylic oxidation sites excluding steroid dienone is 3. The first-order valence-corrected chi connectivity index (χ1v) is 10.0. The lowest BCUT2D eigenvalue weighted by Crippen LogP contribution is -2.39. The summed E-state index contributed by atoms with van der Waals surface area (Å²) in [6.07, 6.45) is 1.22. The molecule has 156 valence electrons. The molecule has 1 aromatic carbocycles. The second-order valence-electron chi connectivity index (χ2n) is 9.70. The van der Waals surface area contributed by atoms with E-state index >= 15 is 0 Å². The summed E-state index contributed by atoms with van der Waals surface area (Å²) in [5.74, 6) is -0.0336. The van der Waals surface area contributed by atoms with Crippen LogP contribution in [0.5, 0.6) is 5.75 Å². The largest absolute Gasteiger partial charge is 0.497 e. The number of methoxy groups -OCH3 is 1. The molecule has 3 rings (SSSR count). The molecule has 1 aliphatic carbocycles. The van der Waals surface area contributed by atoms with E-state index in [4.69, 9.17) is 9.47 Å². The molecule has 5 heteroatoms. The normalized spacial score (nSPS) is 21.5. The predicted molar refractivity (Wildman–Crippen MR) is 112 cm³/mol. The Kier molecular flexibility index (Phi) is 5.37. The summed E-state index contributed by atoms with van der Waals surface area (Å²) < 4.78 is 11.0. The minimum absolute atomic E-state index is 0.0816. The first kappa shape index (κ1) is 21.2. The molecule has 1 aromatic rings. The lowest BCUT2D eigenvalue weighted by molar-refractivity contribution is -0.150. The molecule has 0 aromatic heterocycles. The van der Waals surface area contributed by atoms with Crippen LogP contribution >= 0.6 is 0 Å². The molecule has 1 atom stereocenters. The van der Waals surface area contributed by atoms with E-state index in [2.05, 4.69) is 19.2 Å². The number of nitrogens with one attached hydrogen (secondary N) is 1. The topological polar surface area (TPSA) is 64.6 Å². The third kappa shape index (κ3) is 4.39. The first-order chi connectivity index (χ1) is 13.4. The summed E-state index contributed by atoms with van der Waals surface area (Å²) in [6.45, 7) is 11.6. The zero-order chi connectivity index (χ0) is 21.6. The predicted octanol–water partition coefficient (Wildman–Crippen LogP) is 4.64. The molecule has 1 N–H and O–H groups in total. The van der Waals surface area contributed by atoms with Crippen molar-refractivity contribution < 1.29 is 19.1 Å². The number of rotatable bonds is 3. The van der Waals surface area contributed by atoms with Crippen LogP contribution in [0.4, 0.5) is 0 Å². The van der Waals surface area contributed by atoms with Gasteiger partial charge in [0.1, 0.15) is 11.4 Å². The quantitative estimate of drug-likeness (QED) is 0.753. The Morgan fingerprint density at radius 1 is 1.14 bits per heavy atom. The molecule has 2 aliphatic rings. The Bertz CT molecular complexity index is 898. The molecule has 1 heterocycles. The summed E-state index contributed by atoms with van der Waals surface area (Å²) in [7, 11) is 1.61. The minimum Gasteiger partial charge on any atom is -0.497 e. The van der Waals surface area contributed by atoms with E-state index in [1.807, 2.05) is 52.0 Å². The van der Waals surface area contributed by atoms with E-state index in [1.165, 1.54) is 0 Å². The molecule has 1 aliphatic heterocycles. The number of carbonyl (C=O) groups is 2. The monoisotopic (exact) mass is 397 g/mol. The van der Waals surface area contributed by atoms with Crippen molar-refractivity contribution in [1.29, 1.82) is 0 Å². The third-order valence-corrected chi connectivity index (χ3v) is 5.31. The van der Waals surface area contributed by atoms with E-state index in [0.717, 1.165) is 29.1 Å². The molecular formula is C24H31NO4. The van der Waals surface area contributed by atoms with Gasteiger partial charge in [-0.2, -0.15) is 0 Å². The van der Waals surface area contributed by atoms with Gasteiger partial charge in [0.25, 0.3) is 0 Å². The molecule has 0 spiro atoms. The van der Waals surface area contributed by atoms with Gasteiger partial charge in [-0.25, -0.2) is 4.79 Å². The Morgan fingerprint density at radius 3 is 2.31 bits per heavy atom. The number of carbonyl (C=O) groups excluding carboxylic acids is 2. The Labute approximate surface area is 173 Å². The minimum atomic E-state index is -0.623. The molecule has 0 amide bonds. The van der Waals surface area contributed by atoms with E-state index in [9.17, 15) is 9.59 Å². The maximum absolute atomic E-state index is 13.2. The van der Waals surface area contributed by atoms with Crippen LogP contribution in [0.15, 0.2) is 46.8 Å². The van der Waals surface area contributed by atoms with Crippen LogP contribution in [0.2, 0.25) is 0 Å². The van der Waals surface area contributed by atoms with Gasteiger partial charge in [0, 0.05) is 29.3 Å². The van der Waals surface area contributed by atoms with Crippen LogP contribution in [0.3, 0.4) is 0 Å². The molecule has 1 unspecified atom stereocenters. The summed E-state index contributed by atoms with van der Waals surface area (Å²) in [5, 5.41) is 3.36. The van der Waals surface area contributed by atoms with Crippen molar-refractivity contribution in [3.63, 3.8) is 0 Å². The number of hydrogen-bond donors (Lipinski definition) is 1. The van der Waals surface area contributed by atoms with Crippen molar-refractivity contribution in [3.8, 4) is 5.75 Å². The van der Waals surface area contributed by atoms with Gasteiger partial charge in [-0.15, -0.1) is 0 Å². The smallest absolute Gasteiger partial charge is 0.337 e. The van der Waals surface area contributed by atoms with Gasteiger partial charge in [-0.05, 0) is 57.2 Å². The standard InChI is InChI=1S/C24H31NO4/c1-14-19(22(27)29-23(2,3)4)20(15-8-10-16(28-7)11-9-15)21-17(25-14)12-24(5,6)13-18(21)26/h8-11,20,25H,12-13H2,1-7H3. The SMILES string of the molecule is COc1ccc(C2C(C(=O)OC(C)(C)C)=C(C)NC3=C2C(=O)CC(C)(C)C3)cc1. The van der Waals surface area contributed by atoms with Crippen LogP contribution in [-0.2, 0) is 14.3 Å². The molecular weight excluding hydrogens is 366 g/mol. The Balaban J connectivity index is 2.14.